The molecule has 2 atom stereocenters. The molecule has 1 saturated carbocycles. The predicted molar refractivity (Wildman–Crippen MR) is 69.6 cm³/mol. The number of hydrogen-bond donors (Lipinski definition) is 0. The molecule has 0 aromatic carbocycles. The fourth-order valence-corrected chi connectivity index (χ4v) is 3.92. The van der Waals surface area contributed by atoms with Gasteiger partial charge in [0, 0.05) is 24.0 Å². The van der Waals surface area contributed by atoms with Crippen LogP contribution in [0.5, 0.6) is 0 Å². The van der Waals surface area contributed by atoms with Crippen LogP contribution in [0.3, 0.4) is 0 Å². The zero-order chi connectivity index (χ0) is 10.9. The summed E-state index contributed by atoms with van der Waals surface area (Å²) in [7, 11) is 0. The molecule has 1 saturated heterocycles. The van der Waals surface area contributed by atoms with Gasteiger partial charge in [-0.1, -0.05) is 28.8 Å². The lowest BCUT2D eigenvalue weighted by atomic mass is 9.69. The van der Waals surface area contributed by atoms with Crippen LogP contribution >= 0.6 is 15.9 Å². The van der Waals surface area contributed by atoms with Crippen LogP contribution in [0.15, 0.2) is 0 Å². The maximum absolute atomic E-state index is 3.72. The highest BCUT2D eigenvalue weighted by Gasteiger charge is 2.40. The number of halogens is 1. The highest BCUT2D eigenvalue weighted by Crippen LogP contribution is 2.44. The van der Waals surface area contributed by atoms with E-state index in [1.807, 2.05) is 0 Å². The number of nitrogens with zero attached hydrogens (tertiary/aromatic N) is 1. The van der Waals surface area contributed by atoms with E-state index in [1.165, 1.54) is 50.4 Å². The van der Waals surface area contributed by atoms with E-state index in [2.05, 4.69) is 34.7 Å². The predicted octanol–water partition coefficient (Wildman–Crippen LogP) is 3.81. The van der Waals surface area contributed by atoms with Crippen LogP contribution in [0.1, 0.15) is 52.4 Å². The first-order valence-corrected chi connectivity index (χ1v) is 7.61. The minimum Gasteiger partial charge on any atom is -0.297 e. The van der Waals surface area contributed by atoms with Crippen LogP contribution in [0.4, 0.5) is 0 Å². The number of alkyl halides is 1. The lowest BCUT2D eigenvalue weighted by molar-refractivity contribution is 0.0219. The molecule has 0 N–H and O–H groups in total. The molecule has 15 heavy (non-hydrogen) atoms. The quantitative estimate of drug-likeness (QED) is 0.707. The first-order chi connectivity index (χ1) is 7.17. The number of likely N-dealkylation sites (tertiary alicyclic amines) is 1. The van der Waals surface area contributed by atoms with Gasteiger partial charge in [-0.25, -0.2) is 0 Å². The van der Waals surface area contributed by atoms with Gasteiger partial charge in [0.1, 0.15) is 0 Å². The second-order valence-electron chi connectivity index (χ2n) is 5.79. The maximum Gasteiger partial charge on any atom is 0.0100 e. The summed E-state index contributed by atoms with van der Waals surface area (Å²) in [6.07, 6.45) is 8.57. The molecule has 2 fully saturated rings. The molecular formula is C13H24BrN. The molecule has 0 aromatic rings. The van der Waals surface area contributed by atoms with Crippen molar-refractivity contribution < 1.29 is 0 Å². The Hall–Kier alpha value is 0.440. The standard InChI is InChI=1S/C13H24BrN/c1-11-5-3-6-12(2)15(11)10-13(9-14)7-4-8-13/h11-12H,3-10H2,1-2H3/t11-,12+. The molecule has 2 heteroatoms. The minimum atomic E-state index is 0.625. The molecule has 0 bridgehead atoms. The third-order valence-corrected chi connectivity index (χ3v) is 5.78. The van der Waals surface area contributed by atoms with Crippen LogP contribution in [-0.4, -0.2) is 28.9 Å². The highest BCUT2D eigenvalue weighted by molar-refractivity contribution is 9.09. The van der Waals surface area contributed by atoms with E-state index in [1.54, 1.807) is 0 Å². The third-order valence-electron chi connectivity index (χ3n) is 4.59. The Morgan fingerprint density at radius 1 is 1.13 bits per heavy atom. The molecular weight excluding hydrogens is 250 g/mol. The largest absolute Gasteiger partial charge is 0.297 e. The molecule has 88 valence electrons. The SMILES string of the molecule is C[C@@H]1CCC[C@H](C)N1CC1(CBr)CCC1. The summed E-state index contributed by atoms with van der Waals surface area (Å²) in [5.74, 6) is 0. The van der Waals surface area contributed by atoms with Crippen molar-refractivity contribution in [3.8, 4) is 0 Å². The van der Waals surface area contributed by atoms with E-state index in [9.17, 15) is 0 Å². The van der Waals surface area contributed by atoms with Crippen molar-refractivity contribution in [2.75, 3.05) is 11.9 Å². The van der Waals surface area contributed by atoms with Gasteiger partial charge < -0.3 is 0 Å². The summed E-state index contributed by atoms with van der Waals surface area (Å²) in [6, 6.07) is 1.62. The van der Waals surface area contributed by atoms with E-state index in [-0.39, 0.29) is 0 Å². The average Bonchev–Trinajstić information content (AvgIpc) is 2.15. The van der Waals surface area contributed by atoms with Gasteiger partial charge in [-0.3, -0.25) is 4.90 Å². The van der Waals surface area contributed by atoms with E-state index in [4.69, 9.17) is 0 Å². The van der Waals surface area contributed by atoms with E-state index in [0.717, 1.165) is 12.1 Å². The van der Waals surface area contributed by atoms with Crippen molar-refractivity contribution in [2.24, 2.45) is 5.41 Å². The van der Waals surface area contributed by atoms with E-state index >= 15 is 0 Å². The smallest absolute Gasteiger partial charge is 0.0100 e. The second kappa shape index (κ2) is 4.75. The van der Waals surface area contributed by atoms with E-state index in [0.29, 0.717) is 5.41 Å². The summed E-state index contributed by atoms with van der Waals surface area (Å²) in [4.78, 5) is 2.77. The molecule has 0 unspecified atom stereocenters. The Morgan fingerprint density at radius 3 is 2.13 bits per heavy atom. The second-order valence-corrected chi connectivity index (χ2v) is 6.35. The monoisotopic (exact) mass is 273 g/mol. The van der Waals surface area contributed by atoms with Crippen molar-refractivity contribution in [2.45, 2.75) is 64.5 Å². The first-order valence-electron chi connectivity index (χ1n) is 6.49. The normalized spacial score (nSPS) is 36.2. The average molecular weight is 274 g/mol. The van der Waals surface area contributed by atoms with Gasteiger partial charge in [0.2, 0.25) is 0 Å². The summed E-state index contributed by atoms with van der Waals surface area (Å²) in [5.41, 5.74) is 0.625. The van der Waals surface area contributed by atoms with Crippen molar-refractivity contribution in [1.82, 2.24) is 4.90 Å². The Morgan fingerprint density at radius 2 is 1.73 bits per heavy atom. The van der Waals surface area contributed by atoms with Crippen molar-refractivity contribution in [3.05, 3.63) is 0 Å². The van der Waals surface area contributed by atoms with Crippen LogP contribution in [0, 0.1) is 5.41 Å². The van der Waals surface area contributed by atoms with Gasteiger partial charge >= 0.3 is 0 Å². The number of piperidine rings is 1. The highest BCUT2D eigenvalue weighted by atomic mass is 79.9. The van der Waals surface area contributed by atoms with Gasteiger partial charge in [-0.15, -0.1) is 0 Å². The minimum absolute atomic E-state index is 0.625. The molecule has 1 aliphatic heterocycles. The summed E-state index contributed by atoms with van der Waals surface area (Å²) >= 11 is 3.72. The third kappa shape index (κ3) is 2.41. The fourth-order valence-electron chi connectivity index (χ4n) is 3.18. The molecule has 1 heterocycles. The molecule has 0 spiro atoms. The Kier molecular flexibility index (Phi) is 3.77. The molecule has 0 amide bonds. The van der Waals surface area contributed by atoms with Crippen LogP contribution < -0.4 is 0 Å². The lowest BCUT2D eigenvalue weighted by Gasteiger charge is -2.49. The molecule has 0 aromatic heterocycles. The van der Waals surface area contributed by atoms with E-state index < -0.39 is 0 Å². The molecule has 1 aliphatic carbocycles. The zero-order valence-corrected chi connectivity index (χ0v) is 11.7. The van der Waals surface area contributed by atoms with Gasteiger partial charge in [0.15, 0.2) is 0 Å². The van der Waals surface area contributed by atoms with Crippen molar-refractivity contribution in [3.63, 3.8) is 0 Å². The lowest BCUT2D eigenvalue weighted by Crippen LogP contribution is -2.51. The molecule has 1 nitrogen and oxygen atoms in total. The summed E-state index contributed by atoms with van der Waals surface area (Å²) in [6.45, 7) is 6.16. The molecule has 0 radical (unpaired) electrons. The van der Waals surface area contributed by atoms with Crippen LogP contribution in [0.25, 0.3) is 0 Å². The van der Waals surface area contributed by atoms with Crippen LogP contribution in [-0.2, 0) is 0 Å². The Balaban J connectivity index is 1.96. The van der Waals surface area contributed by atoms with Crippen molar-refractivity contribution in [1.29, 1.82) is 0 Å². The topological polar surface area (TPSA) is 3.24 Å². The number of rotatable bonds is 3. The summed E-state index contributed by atoms with van der Waals surface area (Å²) < 4.78 is 0. The Labute approximate surface area is 103 Å². The summed E-state index contributed by atoms with van der Waals surface area (Å²) in [5, 5.41) is 1.20. The van der Waals surface area contributed by atoms with Gasteiger partial charge in [-0.2, -0.15) is 0 Å². The first kappa shape index (κ1) is 11.9. The van der Waals surface area contributed by atoms with Gasteiger partial charge in [-0.05, 0) is 44.9 Å². The van der Waals surface area contributed by atoms with Gasteiger partial charge in [0.25, 0.3) is 0 Å². The Bertz CT molecular complexity index is 197. The zero-order valence-electron chi connectivity index (χ0n) is 10.1. The van der Waals surface area contributed by atoms with Crippen molar-refractivity contribution >= 4 is 15.9 Å². The van der Waals surface area contributed by atoms with Crippen LogP contribution in [0.2, 0.25) is 0 Å². The fraction of sp³-hybridized carbons (Fsp3) is 1.00. The molecule has 2 aliphatic rings. The van der Waals surface area contributed by atoms with Gasteiger partial charge in [0.05, 0.1) is 0 Å². The maximum atomic E-state index is 3.72. The number of hydrogen-bond acceptors (Lipinski definition) is 1. The molecule has 2 rings (SSSR count).